The van der Waals surface area contributed by atoms with E-state index in [-0.39, 0.29) is 67.8 Å². The van der Waals surface area contributed by atoms with Crippen molar-refractivity contribution in [2.45, 2.75) is 266 Å². The quantitative estimate of drug-likeness (QED) is 0.0302. The van der Waals surface area contributed by atoms with E-state index in [1.807, 2.05) is 67.5 Å². The highest BCUT2D eigenvalue weighted by atomic mass is 16.2. The molecule has 6 atom stereocenters. The van der Waals surface area contributed by atoms with Gasteiger partial charge >= 0.3 is 0 Å². The number of hydrogen-bond acceptors (Lipinski definition) is 11. The van der Waals surface area contributed by atoms with E-state index >= 15 is 0 Å². The Bertz CT molecular complexity index is 2010. The number of carbonyl (C=O) groups is 10. The summed E-state index contributed by atoms with van der Waals surface area (Å²) in [5, 5.41) is 22.4. The first-order chi connectivity index (χ1) is 37.2. The van der Waals surface area contributed by atoms with Crippen LogP contribution in [-0.4, -0.2) is 161 Å². The fourth-order valence-electron chi connectivity index (χ4n) is 9.74. The van der Waals surface area contributed by atoms with Crippen LogP contribution in [0.1, 0.15) is 213 Å². The number of rotatable bonds is 39. The lowest BCUT2D eigenvalue weighted by molar-refractivity contribution is -0.146. The van der Waals surface area contributed by atoms with Gasteiger partial charge in [-0.2, -0.15) is 0 Å². The maximum absolute atomic E-state index is 14.6. The van der Waals surface area contributed by atoms with Gasteiger partial charge in [-0.3, -0.25) is 47.9 Å². The molecule has 1 fully saturated rings. The van der Waals surface area contributed by atoms with Crippen molar-refractivity contribution in [1.29, 1.82) is 0 Å². The average molecular weight is 1130 g/mol. The van der Waals surface area contributed by atoms with Crippen LogP contribution in [0.15, 0.2) is 0 Å². The Hall–Kier alpha value is -5.34. The molecule has 10 amide bonds. The molecule has 21 nitrogen and oxygen atoms in total. The molecule has 0 aromatic rings. The highest BCUT2D eigenvalue weighted by Crippen LogP contribution is 2.26. The number of hydrogen-bond donors (Lipinski definition) is 8. The molecule has 1 heterocycles. The van der Waals surface area contributed by atoms with E-state index in [1.165, 1.54) is 46.4 Å². The van der Waals surface area contributed by atoms with Gasteiger partial charge in [0.05, 0.1) is 0 Å². The molecule has 0 spiro atoms. The van der Waals surface area contributed by atoms with Crippen LogP contribution in [0.5, 0.6) is 0 Å². The Morgan fingerprint density at radius 2 is 1.04 bits per heavy atom. The molecule has 0 aromatic heterocycles. The lowest BCUT2D eigenvalue weighted by Crippen LogP contribution is -2.65. The molecule has 1 saturated heterocycles. The molecule has 80 heavy (non-hydrogen) atoms. The Kier molecular flexibility index (Phi) is 32.3. The number of nitrogens with one attached hydrogen (secondary N) is 8. The Balaban J connectivity index is 3.30. The molecule has 8 N–H and O–H groups in total. The summed E-state index contributed by atoms with van der Waals surface area (Å²) >= 11 is 0. The Labute approximate surface area is 480 Å². The van der Waals surface area contributed by atoms with E-state index in [9.17, 15) is 47.9 Å². The second-order valence-electron chi connectivity index (χ2n) is 25.4. The lowest BCUT2D eigenvalue weighted by Gasteiger charge is -2.38. The molecule has 1 aliphatic heterocycles. The molecule has 460 valence electrons. The van der Waals surface area contributed by atoms with Crippen molar-refractivity contribution < 1.29 is 47.9 Å². The molecular weight excluding hydrogens is 1020 g/mol. The second kappa shape index (κ2) is 35.5. The summed E-state index contributed by atoms with van der Waals surface area (Å²) in [5.41, 5.74) is -4.65. The predicted octanol–water partition coefficient (Wildman–Crippen LogP) is 4.94. The largest absolute Gasteiger partial charge is 0.354 e. The molecule has 0 radical (unpaired) electrons. The van der Waals surface area contributed by atoms with Gasteiger partial charge in [0.2, 0.25) is 59.6 Å². The van der Waals surface area contributed by atoms with E-state index in [1.54, 1.807) is 4.90 Å². The fourth-order valence-corrected chi connectivity index (χ4v) is 9.74. The molecule has 1 aliphatic rings. The van der Waals surface area contributed by atoms with Crippen molar-refractivity contribution >= 4 is 59.6 Å². The highest BCUT2D eigenvalue weighted by Gasteiger charge is 2.42. The number of nitrogens with zero attached hydrogens (tertiary/aromatic N) is 3. The van der Waals surface area contributed by atoms with Crippen LogP contribution in [0.4, 0.5) is 0 Å². The van der Waals surface area contributed by atoms with Crippen molar-refractivity contribution in [2.75, 3.05) is 33.7 Å². The third-order valence-electron chi connectivity index (χ3n) is 14.2. The third-order valence-corrected chi connectivity index (χ3v) is 14.2. The predicted molar refractivity (Wildman–Crippen MR) is 313 cm³/mol. The third kappa shape index (κ3) is 26.5. The summed E-state index contributed by atoms with van der Waals surface area (Å²) in [6.07, 6.45) is 10.8. The van der Waals surface area contributed by atoms with Gasteiger partial charge < -0.3 is 57.2 Å². The van der Waals surface area contributed by atoms with Gasteiger partial charge in [-0.25, -0.2) is 0 Å². The normalized spacial score (nSPS) is 15.8. The second-order valence-corrected chi connectivity index (χ2v) is 25.4. The summed E-state index contributed by atoms with van der Waals surface area (Å²) < 4.78 is 0. The van der Waals surface area contributed by atoms with Crippen molar-refractivity contribution in [1.82, 2.24) is 57.2 Å². The SMILES string of the molecule is CCCCCCCC[C@H](C(=O)N[C@H](CC(C)C)C(=O)NC(C)(C)C(=O)N[C@@H](CC(C)C)C(=O)N[C@@H](CC(C)C)C(=O)NC(C)(C)C(=O)NC(C)(C)C(=O)NCCC(=O)N[C@@H](C)CN(C)C)N(C=O)[C@H]1CCCN1C(=O)CCCCC. The zero-order valence-electron chi connectivity index (χ0n) is 52.3. The Morgan fingerprint density at radius 3 is 1.55 bits per heavy atom. The number of carbonyl (C=O) groups excluding carboxylic acids is 10. The summed E-state index contributed by atoms with van der Waals surface area (Å²) in [7, 11) is 3.80. The van der Waals surface area contributed by atoms with E-state index in [4.69, 9.17) is 0 Å². The van der Waals surface area contributed by atoms with Gasteiger partial charge in [-0.1, -0.05) is 107 Å². The van der Waals surface area contributed by atoms with Crippen molar-refractivity contribution in [3.63, 3.8) is 0 Å². The summed E-state index contributed by atoms with van der Waals surface area (Å²) in [6, 6.07) is -4.48. The lowest BCUT2D eigenvalue weighted by atomic mass is 9.96. The fraction of sp³-hybridized carbons (Fsp3) is 0.831. The van der Waals surface area contributed by atoms with Crippen LogP contribution in [0.2, 0.25) is 0 Å². The van der Waals surface area contributed by atoms with Crippen molar-refractivity contribution in [3.8, 4) is 0 Å². The number of amides is 10. The van der Waals surface area contributed by atoms with Gasteiger partial charge in [-0.05, 0) is 125 Å². The smallest absolute Gasteiger partial charge is 0.246 e. The number of unbranched alkanes of at least 4 members (excludes halogenated alkanes) is 7. The van der Waals surface area contributed by atoms with E-state index < -0.39 is 88.3 Å². The minimum atomic E-state index is -1.63. The van der Waals surface area contributed by atoms with Gasteiger partial charge in [0.25, 0.3) is 0 Å². The monoisotopic (exact) mass is 1130 g/mol. The van der Waals surface area contributed by atoms with E-state index in [0.717, 1.165) is 51.4 Å². The molecule has 0 saturated carbocycles. The van der Waals surface area contributed by atoms with Gasteiger partial charge in [0.1, 0.15) is 46.9 Å². The van der Waals surface area contributed by atoms with E-state index in [2.05, 4.69) is 56.4 Å². The molecular formula is C59H109N11O10. The zero-order chi connectivity index (χ0) is 61.1. The topological polar surface area (TPSA) is 277 Å². The van der Waals surface area contributed by atoms with Crippen molar-refractivity contribution in [3.05, 3.63) is 0 Å². The first kappa shape index (κ1) is 72.7. The molecule has 0 bridgehead atoms. The first-order valence-electron chi connectivity index (χ1n) is 29.9. The first-order valence-corrected chi connectivity index (χ1v) is 29.9. The standard InChI is InChI=1S/C59H109N11O10/c1-18-20-22-23-24-26-28-46(70(38-71)48-29-27-33-69(48)49(73)30-25-21-19-2)53(77)63-45(36-41(7)8)52(76)65-58(12,13)55(79)64-43(34-39(3)4)50(74)62-44(35-40(5)6)51(75)66-59(14,15)56(80)67-57(10,11)54(78)60-32-31-47(72)61-42(9)37-68(16)17/h38-46,48H,18-37H2,1-17H3,(H,60,78)(H,61,72)(H,62,74)(H,63,77)(H,64,79)(H,65,76)(H,66,75)(H,67,80)/t42-,43-,44-,45+,46+,48-/m0/s1. The minimum Gasteiger partial charge on any atom is -0.354 e. The molecule has 1 rings (SSSR count). The summed E-state index contributed by atoms with van der Waals surface area (Å²) in [4.78, 5) is 142. The van der Waals surface area contributed by atoms with Gasteiger partial charge in [0, 0.05) is 38.5 Å². The van der Waals surface area contributed by atoms with Gasteiger partial charge in [0.15, 0.2) is 0 Å². The van der Waals surface area contributed by atoms with Crippen molar-refractivity contribution in [2.24, 2.45) is 17.8 Å². The molecule has 0 aliphatic carbocycles. The summed E-state index contributed by atoms with van der Waals surface area (Å²) in [6.45, 7) is 27.4. The van der Waals surface area contributed by atoms with Crippen LogP contribution >= 0.6 is 0 Å². The summed E-state index contributed by atoms with van der Waals surface area (Å²) in [5.74, 6) is -5.02. The number of likely N-dealkylation sites (N-methyl/N-ethyl adjacent to an activating group) is 1. The van der Waals surface area contributed by atoms with Gasteiger partial charge in [-0.15, -0.1) is 0 Å². The average Bonchev–Trinajstić information content (AvgIpc) is 3.82. The maximum Gasteiger partial charge on any atom is 0.246 e. The van der Waals surface area contributed by atoms with Crippen LogP contribution in [0.25, 0.3) is 0 Å². The zero-order valence-corrected chi connectivity index (χ0v) is 52.3. The maximum atomic E-state index is 14.6. The van der Waals surface area contributed by atoms with Crippen LogP contribution < -0.4 is 42.5 Å². The van der Waals surface area contributed by atoms with Crippen LogP contribution in [0.3, 0.4) is 0 Å². The molecule has 0 unspecified atom stereocenters. The minimum absolute atomic E-state index is 0.0312. The van der Waals surface area contributed by atoms with E-state index in [0.29, 0.717) is 51.6 Å². The number of likely N-dealkylation sites (tertiary alicyclic amines) is 1. The Morgan fingerprint density at radius 1 is 0.562 bits per heavy atom. The molecule has 21 heteroatoms. The van der Waals surface area contributed by atoms with Crippen LogP contribution in [-0.2, 0) is 47.9 Å². The van der Waals surface area contributed by atoms with Crippen LogP contribution in [0, 0.1) is 17.8 Å². The highest BCUT2D eigenvalue weighted by molar-refractivity contribution is 5.99. The molecule has 0 aromatic carbocycles.